The highest BCUT2D eigenvalue weighted by Crippen LogP contribution is 2.16. The number of halogens is 1. The Morgan fingerprint density at radius 1 is 1.27 bits per heavy atom. The molecule has 142 valence electrons. The van der Waals surface area contributed by atoms with Crippen LogP contribution in [0, 0.1) is 12.8 Å². The Bertz CT molecular complexity index is 841. The van der Waals surface area contributed by atoms with Crippen LogP contribution in [0.15, 0.2) is 47.6 Å². The molecule has 8 heteroatoms. The highest BCUT2D eigenvalue weighted by molar-refractivity contribution is 7.90. The number of benzene rings is 1. The molecule has 1 aromatic heterocycles. The lowest BCUT2D eigenvalue weighted by molar-refractivity contribution is 0.0945. The first kappa shape index (κ1) is 20.5. The average Bonchev–Trinajstić information content (AvgIpc) is 3.12. The molecule has 2 aromatic rings. The molecule has 0 spiro atoms. The summed E-state index contributed by atoms with van der Waals surface area (Å²) < 4.78 is 26.3. The number of nitrogens with zero attached hydrogens (tertiary/aromatic N) is 1. The molecule has 3 rings (SSSR count). The van der Waals surface area contributed by atoms with E-state index >= 15 is 0 Å². The Hall–Kier alpha value is -1.83. The normalized spacial score (nSPS) is 17.3. The molecule has 0 bridgehead atoms. The molecule has 1 unspecified atom stereocenters. The average molecular weight is 398 g/mol. The standard InChI is InChI=1S/C18H23N3O3S.ClH/c1-14-4-6-17(7-5-14)25(23,24)21-10-8-16(13-21)18(22)20-12-15-3-2-9-19-11-15;/h4-8,10,13,15,19H,2-3,9,11-12H2,1H3,(H,20,22);1H. The SMILES string of the molecule is Cc1ccc(S(=O)(=O)n2ccc(C(=O)NCC3CCCNC3)c2)cc1.Cl. The first-order valence-corrected chi connectivity index (χ1v) is 9.90. The molecule has 6 nitrogen and oxygen atoms in total. The summed E-state index contributed by atoms with van der Waals surface area (Å²) in [5, 5.41) is 6.20. The highest BCUT2D eigenvalue weighted by Gasteiger charge is 2.19. The zero-order valence-electron chi connectivity index (χ0n) is 14.6. The third-order valence-corrected chi connectivity index (χ3v) is 6.13. The molecule has 1 aliphatic rings. The third-order valence-electron chi connectivity index (χ3n) is 4.48. The van der Waals surface area contributed by atoms with Gasteiger partial charge >= 0.3 is 0 Å². The highest BCUT2D eigenvalue weighted by atomic mass is 35.5. The second kappa shape index (κ2) is 8.70. The lowest BCUT2D eigenvalue weighted by atomic mass is 10.00. The van der Waals surface area contributed by atoms with Gasteiger partial charge in [0.1, 0.15) is 0 Å². The molecule has 1 atom stereocenters. The minimum Gasteiger partial charge on any atom is -0.352 e. The van der Waals surface area contributed by atoms with Crippen LogP contribution in [0.2, 0.25) is 0 Å². The number of carbonyl (C=O) groups excluding carboxylic acids is 1. The predicted octanol–water partition coefficient (Wildman–Crippen LogP) is 2.18. The number of piperidine rings is 1. The number of aryl methyl sites for hydroxylation is 1. The zero-order chi connectivity index (χ0) is 17.9. The van der Waals surface area contributed by atoms with Crippen molar-refractivity contribution in [2.45, 2.75) is 24.7 Å². The van der Waals surface area contributed by atoms with Crippen LogP contribution in [0.25, 0.3) is 0 Å². The van der Waals surface area contributed by atoms with Gasteiger partial charge in [0.05, 0.1) is 10.5 Å². The van der Waals surface area contributed by atoms with Crippen LogP contribution >= 0.6 is 12.4 Å². The van der Waals surface area contributed by atoms with Gasteiger partial charge in [-0.25, -0.2) is 12.4 Å². The Labute approximate surface area is 160 Å². The van der Waals surface area contributed by atoms with Crippen LogP contribution < -0.4 is 10.6 Å². The number of aromatic nitrogens is 1. The number of hydrogen-bond acceptors (Lipinski definition) is 4. The molecule has 1 saturated heterocycles. The van der Waals surface area contributed by atoms with Gasteiger partial charge in [-0.2, -0.15) is 0 Å². The largest absolute Gasteiger partial charge is 0.352 e. The van der Waals surface area contributed by atoms with Crippen molar-refractivity contribution in [2.24, 2.45) is 5.92 Å². The maximum absolute atomic E-state index is 12.6. The summed E-state index contributed by atoms with van der Waals surface area (Å²) in [5.41, 5.74) is 1.34. The first-order valence-electron chi connectivity index (χ1n) is 8.46. The number of amides is 1. The summed E-state index contributed by atoms with van der Waals surface area (Å²) >= 11 is 0. The number of hydrogen-bond donors (Lipinski definition) is 2. The van der Waals surface area contributed by atoms with E-state index in [1.54, 1.807) is 24.3 Å². The predicted molar refractivity (Wildman–Crippen MR) is 103 cm³/mol. The van der Waals surface area contributed by atoms with E-state index in [1.807, 2.05) is 6.92 Å². The molecular formula is C18H24ClN3O3S. The van der Waals surface area contributed by atoms with Gasteiger partial charge < -0.3 is 10.6 Å². The molecule has 26 heavy (non-hydrogen) atoms. The van der Waals surface area contributed by atoms with E-state index in [1.165, 1.54) is 18.5 Å². The molecule has 1 amide bonds. The Balaban J connectivity index is 0.00000243. The maximum atomic E-state index is 12.6. The van der Waals surface area contributed by atoms with Crippen molar-refractivity contribution in [3.63, 3.8) is 0 Å². The van der Waals surface area contributed by atoms with Crippen LogP contribution in [-0.4, -0.2) is 37.9 Å². The van der Waals surface area contributed by atoms with Crippen molar-refractivity contribution < 1.29 is 13.2 Å². The van der Waals surface area contributed by atoms with E-state index in [0.717, 1.165) is 35.5 Å². The molecule has 1 aromatic carbocycles. The van der Waals surface area contributed by atoms with Gasteiger partial charge in [-0.3, -0.25) is 4.79 Å². The summed E-state index contributed by atoms with van der Waals surface area (Å²) in [7, 11) is -3.68. The Kier molecular flexibility index (Phi) is 6.86. The number of rotatable bonds is 5. The molecule has 1 aliphatic heterocycles. The van der Waals surface area contributed by atoms with Gasteiger partial charge in [0.2, 0.25) is 0 Å². The fraction of sp³-hybridized carbons (Fsp3) is 0.389. The Morgan fingerprint density at radius 3 is 2.65 bits per heavy atom. The summed E-state index contributed by atoms with van der Waals surface area (Å²) in [6.45, 7) is 4.44. The van der Waals surface area contributed by atoms with Crippen molar-refractivity contribution in [2.75, 3.05) is 19.6 Å². The fourth-order valence-electron chi connectivity index (χ4n) is 2.93. The van der Waals surface area contributed by atoms with Gasteiger partial charge in [0.25, 0.3) is 15.9 Å². The van der Waals surface area contributed by atoms with Crippen molar-refractivity contribution >= 4 is 28.3 Å². The van der Waals surface area contributed by atoms with Crippen LogP contribution in [0.1, 0.15) is 28.8 Å². The second-order valence-corrected chi connectivity index (χ2v) is 8.31. The molecule has 0 radical (unpaired) electrons. The van der Waals surface area contributed by atoms with E-state index in [0.29, 0.717) is 18.0 Å². The van der Waals surface area contributed by atoms with Gasteiger partial charge in [0.15, 0.2) is 0 Å². The lowest BCUT2D eigenvalue weighted by Gasteiger charge is -2.22. The van der Waals surface area contributed by atoms with Crippen molar-refractivity contribution in [1.29, 1.82) is 0 Å². The van der Waals surface area contributed by atoms with Gasteiger partial charge in [-0.05, 0) is 57.0 Å². The molecule has 1 fully saturated rings. The Morgan fingerprint density at radius 2 is 2.00 bits per heavy atom. The van der Waals surface area contributed by atoms with E-state index < -0.39 is 10.0 Å². The minimum absolute atomic E-state index is 0. The fourth-order valence-corrected chi connectivity index (χ4v) is 4.13. The number of carbonyl (C=O) groups is 1. The maximum Gasteiger partial charge on any atom is 0.267 e. The zero-order valence-corrected chi connectivity index (χ0v) is 16.3. The van der Waals surface area contributed by atoms with Crippen molar-refractivity contribution in [3.05, 3.63) is 53.9 Å². The van der Waals surface area contributed by atoms with Gasteiger partial charge in [-0.1, -0.05) is 17.7 Å². The smallest absolute Gasteiger partial charge is 0.267 e. The molecule has 0 saturated carbocycles. The van der Waals surface area contributed by atoms with Crippen molar-refractivity contribution in [3.8, 4) is 0 Å². The van der Waals surface area contributed by atoms with Crippen LogP contribution in [-0.2, 0) is 10.0 Å². The second-order valence-electron chi connectivity index (χ2n) is 6.47. The van der Waals surface area contributed by atoms with Crippen LogP contribution in [0.4, 0.5) is 0 Å². The topological polar surface area (TPSA) is 80.2 Å². The summed E-state index contributed by atoms with van der Waals surface area (Å²) in [6.07, 6.45) is 4.98. The number of nitrogens with one attached hydrogen (secondary N) is 2. The van der Waals surface area contributed by atoms with Gasteiger partial charge in [0, 0.05) is 18.9 Å². The molecule has 0 aliphatic carbocycles. The summed E-state index contributed by atoms with van der Waals surface area (Å²) in [4.78, 5) is 12.5. The molecular weight excluding hydrogens is 374 g/mol. The van der Waals surface area contributed by atoms with Crippen molar-refractivity contribution in [1.82, 2.24) is 14.6 Å². The summed E-state index contributed by atoms with van der Waals surface area (Å²) in [6, 6.07) is 8.17. The van der Waals surface area contributed by atoms with E-state index in [4.69, 9.17) is 0 Å². The quantitative estimate of drug-likeness (QED) is 0.810. The van der Waals surface area contributed by atoms with E-state index in [9.17, 15) is 13.2 Å². The van der Waals surface area contributed by atoms with E-state index in [2.05, 4.69) is 10.6 Å². The summed E-state index contributed by atoms with van der Waals surface area (Å²) in [5.74, 6) is 0.180. The minimum atomic E-state index is -3.68. The first-order chi connectivity index (χ1) is 12.0. The monoisotopic (exact) mass is 397 g/mol. The molecule has 2 N–H and O–H groups in total. The lowest BCUT2D eigenvalue weighted by Crippen LogP contribution is -2.38. The third kappa shape index (κ3) is 4.66. The van der Waals surface area contributed by atoms with E-state index in [-0.39, 0.29) is 23.2 Å². The van der Waals surface area contributed by atoms with Gasteiger partial charge in [-0.15, -0.1) is 12.4 Å². The van der Waals surface area contributed by atoms with Crippen LogP contribution in [0.3, 0.4) is 0 Å². The molecule has 2 heterocycles. The van der Waals surface area contributed by atoms with Crippen LogP contribution in [0.5, 0.6) is 0 Å².